The highest BCUT2D eigenvalue weighted by Crippen LogP contribution is 2.45. The van der Waals surface area contributed by atoms with Crippen molar-refractivity contribution in [2.75, 3.05) is 76.0 Å². The highest BCUT2D eigenvalue weighted by atomic mass is 32.3. The van der Waals surface area contributed by atoms with Crippen LogP contribution in [0.5, 0.6) is 0 Å². The summed E-state index contributed by atoms with van der Waals surface area (Å²) < 4.78 is 26.6. The van der Waals surface area contributed by atoms with E-state index in [9.17, 15) is 5.11 Å². The van der Waals surface area contributed by atoms with Gasteiger partial charge in [0.15, 0.2) is 12.6 Å². The van der Waals surface area contributed by atoms with Crippen molar-refractivity contribution in [1.82, 2.24) is 4.90 Å². The van der Waals surface area contributed by atoms with E-state index in [1.54, 1.807) is 0 Å². The van der Waals surface area contributed by atoms with Gasteiger partial charge in [-0.05, 0) is 133 Å². The zero-order valence-electron chi connectivity index (χ0n) is 42.2. The number of ether oxygens (including phenoxy) is 2. The standard InChI is InChI=1S/C52H111NO5S2/c1-9-13-17-21-23-25-27-37-47-55-51(57-59(5,6)49-39-19-15-11-3)41-31-29-33-43-53(45-35-36-46-54)44-34-30-32-42-52(58-60(7,8)50-40-20-16-12-4)56-48-38-28-26-24-22-18-14-10-2/h51-52,54H,9-50H2,1-8H3. The van der Waals surface area contributed by atoms with Crippen LogP contribution >= 0.6 is 20.6 Å². The van der Waals surface area contributed by atoms with Gasteiger partial charge in [-0.25, -0.2) is 0 Å². The van der Waals surface area contributed by atoms with Crippen LogP contribution in [0.2, 0.25) is 0 Å². The Hall–Kier alpha value is 0.460. The molecule has 0 aliphatic heterocycles. The van der Waals surface area contributed by atoms with Crippen LogP contribution in [0.3, 0.4) is 0 Å². The van der Waals surface area contributed by atoms with E-state index in [4.69, 9.17) is 17.8 Å². The third-order valence-corrected chi connectivity index (χ3v) is 16.0. The third kappa shape index (κ3) is 42.4. The Bertz CT molecular complexity index is 787. The van der Waals surface area contributed by atoms with Crippen molar-refractivity contribution in [1.29, 1.82) is 0 Å². The predicted octanol–water partition coefficient (Wildman–Crippen LogP) is 16.3. The van der Waals surface area contributed by atoms with Gasteiger partial charge >= 0.3 is 0 Å². The molecule has 0 saturated carbocycles. The number of unbranched alkanes of at least 4 members (excludes halogenated alkanes) is 25. The summed E-state index contributed by atoms with van der Waals surface area (Å²) >= 11 is 0. The van der Waals surface area contributed by atoms with Gasteiger partial charge in [-0.1, -0.05) is 169 Å². The van der Waals surface area contributed by atoms with Crippen LogP contribution in [0.25, 0.3) is 0 Å². The lowest BCUT2D eigenvalue weighted by Gasteiger charge is -2.35. The minimum absolute atomic E-state index is 0.0586. The maximum absolute atomic E-state index is 9.50. The molecule has 2 atom stereocenters. The molecule has 0 aliphatic rings. The van der Waals surface area contributed by atoms with Crippen molar-refractivity contribution in [2.24, 2.45) is 0 Å². The van der Waals surface area contributed by atoms with Crippen LogP contribution in [0, 0.1) is 0 Å². The quantitative estimate of drug-likeness (QED) is 0.0485. The van der Waals surface area contributed by atoms with Gasteiger partial charge in [0.25, 0.3) is 0 Å². The van der Waals surface area contributed by atoms with E-state index in [1.807, 2.05) is 0 Å². The summed E-state index contributed by atoms with van der Waals surface area (Å²) in [6, 6.07) is 0. The van der Waals surface area contributed by atoms with Gasteiger partial charge in [0.2, 0.25) is 0 Å². The maximum atomic E-state index is 9.50. The summed E-state index contributed by atoms with van der Waals surface area (Å²) in [7, 11) is -2.21. The highest BCUT2D eigenvalue weighted by Gasteiger charge is 2.21. The van der Waals surface area contributed by atoms with E-state index >= 15 is 0 Å². The first-order valence-corrected chi connectivity index (χ1v) is 31.6. The Morgan fingerprint density at radius 3 is 1.02 bits per heavy atom. The molecule has 0 aromatic rings. The second-order valence-electron chi connectivity index (χ2n) is 19.1. The Kier molecular flexibility index (Phi) is 45.0. The number of aliphatic hydroxyl groups excluding tert-OH is 1. The molecule has 1 N–H and O–H groups in total. The molecular formula is C52H111NO5S2. The van der Waals surface area contributed by atoms with Crippen molar-refractivity contribution in [3.05, 3.63) is 0 Å². The van der Waals surface area contributed by atoms with E-state index in [0.717, 1.165) is 84.2 Å². The molecule has 60 heavy (non-hydrogen) atoms. The normalized spacial score (nSPS) is 14.0. The van der Waals surface area contributed by atoms with Crippen LogP contribution in [-0.4, -0.2) is 98.6 Å². The van der Waals surface area contributed by atoms with E-state index in [0.29, 0.717) is 6.61 Å². The van der Waals surface area contributed by atoms with E-state index in [2.05, 4.69) is 57.6 Å². The molecule has 0 saturated heterocycles. The smallest absolute Gasteiger partial charge is 0.168 e. The summed E-state index contributed by atoms with van der Waals surface area (Å²) in [4.78, 5) is 2.67. The van der Waals surface area contributed by atoms with Crippen LogP contribution < -0.4 is 0 Å². The zero-order chi connectivity index (χ0) is 44.3. The summed E-state index contributed by atoms with van der Waals surface area (Å²) in [5.74, 6) is 2.37. The summed E-state index contributed by atoms with van der Waals surface area (Å²) in [6.45, 7) is 14.5. The van der Waals surface area contributed by atoms with Gasteiger partial charge in [-0.3, -0.25) is 0 Å². The van der Waals surface area contributed by atoms with Crippen LogP contribution in [0.1, 0.15) is 246 Å². The highest BCUT2D eigenvalue weighted by molar-refractivity contribution is 8.29. The predicted molar refractivity (Wildman–Crippen MR) is 273 cm³/mol. The molecule has 0 fully saturated rings. The van der Waals surface area contributed by atoms with Crippen LogP contribution in [0.15, 0.2) is 0 Å². The molecule has 0 spiro atoms. The number of hydrogen-bond donors (Lipinski definition) is 1. The second kappa shape index (κ2) is 44.7. The van der Waals surface area contributed by atoms with Gasteiger partial charge in [-0.2, -0.15) is 0 Å². The average Bonchev–Trinajstić information content (AvgIpc) is 3.21. The molecule has 0 amide bonds. The largest absolute Gasteiger partial charge is 0.396 e. The van der Waals surface area contributed by atoms with Crippen molar-refractivity contribution >= 4 is 20.6 Å². The topological polar surface area (TPSA) is 60.4 Å². The summed E-state index contributed by atoms with van der Waals surface area (Å²) in [6.07, 6.45) is 52.1. The lowest BCUT2D eigenvalue weighted by atomic mass is 10.1. The molecule has 366 valence electrons. The Labute approximate surface area is 381 Å². The van der Waals surface area contributed by atoms with E-state index in [1.165, 1.54) is 178 Å². The van der Waals surface area contributed by atoms with Gasteiger partial charge < -0.3 is 27.8 Å². The van der Waals surface area contributed by atoms with Gasteiger partial charge in [0.05, 0.1) is 0 Å². The Morgan fingerprint density at radius 1 is 0.367 bits per heavy atom. The fourth-order valence-corrected chi connectivity index (χ4v) is 11.5. The molecule has 0 aromatic heterocycles. The molecule has 0 rings (SSSR count). The first-order chi connectivity index (χ1) is 29.1. The van der Waals surface area contributed by atoms with E-state index < -0.39 is 20.6 Å². The molecule has 8 heteroatoms. The second-order valence-corrected chi connectivity index (χ2v) is 26.1. The fourth-order valence-electron chi connectivity index (χ4n) is 8.08. The lowest BCUT2D eigenvalue weighted by Crippen LogP contribution is -2.28. The molecule has 0 aliphatic carbocycles. The molecule has 0 bridgehead atoms. The summed E-state index contributed by atoms with van der Waals surface area (Å²) in [5.41, 5.74) is 0. The lowest BCUT2D eigenvalue weighted by molar-refractivity contribution is -0.0793. The minimum Gasteiger partial charge on any atom is -0.396 e. The monoisotopic (exact) mass is 894 g/mol. The fraction of sp³-hybridized carbons (Fsp3) is 1.00. The van der Waals surface area contributed by atoms with Crippen molar-refractivity contribution in [3.63, 3.8) is 0 Å². The molecule has 0 aromatic carbocycles. The third-order valence-electron chi connectivity index (χ3n) is 12.0. The first kappa shape index (κ1) is 60.5. The van der Waals surface area contributed by atoms with Gasteiger partial charge in [-0.15, -0.1) is 20.6 Å². The molecule has 0 heterocycles. The number of aliphatic hydroxyl groups is 1. The Morgan fingerprint density at radius 2 is 0.667 bits per heavy atom. The minimum atomic E-state index is -1.11. The van der Waals surface area contributed by atoms with E-state index in [-0.39, 0.29) is 12.6 Å². The average molecular weight is 895 g/mol. The Balaban J connectivity index is 4.93. The summed E-state index contributed by atoms with van der Waals surface area (Å²) in [5, 5.41) is 9.50. The number of nitrogens with zero attached hydrogens (tertiary/aromatic N) is 1. The number of rotatable bonds is 50. The molecular weight excluding hydrogens is 783 g/mol. The van der Waals surface area contributed by atoms with Gasteiger partial charge in [0, 0.05) is 19.8 Å². The van der Waals surface area contributed by atoms with Crippen molar-refractivity contribution < 1.29 is 22.9 Å². The zero-order valence-corrected chi connectivity index (χ0v) is 43.8. The maximum Gasteiger partial charge on any atom is 0.168 e. The van der Waals surface area contributed by atoms with Gasteiger partial charge in [0.1, 0.15) is 0 Å². The molecule has 2 unspecified atom stereocenters. The number of hydrogen-bond acceptors (Lipinski definition) is 6. The molecule has 0 radical (unpaired) electrons. The van der Waals surface area contributed by atoms with Crippen LogP contribution in [0.4, 0.5) is 0 Å². The van der Waals surface area contributed by atoms with Crippen LogP contribution in [-0.2, 0) is 17.8 Å². The van der Waals surface area contributed by atoms with Crippen molar-refractivity contribution in [3.8, 4) is 0 Å². The van der Waals surface area contributed by atoms with Crippen molar-refractivity contribution in [2.45, 2.75) is 259 Å². The molecule has 6 nitrogen and oxygen atoms in total. The first-order valence-electron chi connectivity index (χ1n) is 26.5. The SMILES string of the molecule is CCCCCCCCCCOC(CCCCCN(CCCCO)CCCCCC(OCCCCCCCCCC)OS(C)(C)CCCCCC)OS(C)(C)CCCCCC.